The molecule has 1 N–H and O–H groups in total. The average molecular weight is 376 g/mol. The predicted octanol–water partition coefficient (Wildman–Crippen LogP) is 3.02. The van der Waals surface area contributed by atoms with Crippen LogP contribution in [0.3, 0.4) is 0 Å². The summed E-state index contributed by atoms with van der Waals surface area (Å²) in [5.41, 5.74) is 1.82. The smallest absolute Gasteiger partial charge is 0.148 e. The Bertz CT molecular complexity index is 532. The molecule has 0 atom stereocenters. The van der Waals surface area contributed by atoms with Gasteiger partial charge in [0, 0.05) is 18.8 Å². The Morgan fingerprint density at radius 1 is 1.28 bits per heavy atom. The molecule has 6 heteroatoms. The summed E-state index contributed by atoms with van der Waals surface area (Å²) in [7, 11) is 1.87. The molecule has 0 fully saturated rings. The lowest BCUT2D eigenvalue weighted by molar-refractivity contribution is 0.280. The zero-order valence-corrected chi connectivity index (χ0v) is 12.9. The van der Waals surface area contributed by atoms with Crippen LogP contribution in [0.2, 0.25) is 0 Å². The van der Waals surface area contributed by atoms with Gasteiger partial charge in [0.05, 0.1) is 21.7 Å². The van der Waals surface area contributed by atoms with Gasteiger partial charge in [0.2, 0.25) is 0 Å². The van der Waals surface area contributed by atoms with E-state index in [-0.39, 0.29) is 6.61 Å². The highest BCUT2D eigenvalue weighted by Gasteiger charge is 2.09. The van der Waals surface area contributed by atoms with Gasteiger partial charge in [0.25, 0.3) is 0 Å². The third-order valence-electron chi connectivity index (χ3n) is 2.38. The number of aryl methyl sites for hydroxylation is 1. The van der Waals surface area contributed by atoms with E-state index in [4.69, 9.17) is 9.84 Å². The molecule has 0 bridgehead atoms. The second-order valence-electron chi connectivity index (χ2n) is 3.86. The number of aromatic nitrogens is 2. The maximum absolute atomic E-state index is 9.09. The van der Waals surface area contributed by atoms with E-state index in [1.54, 1.807) is 10.9 Å². The van der Waals surface area contributed by atoms with Crippen LogP contribution in [0.25, 0.3) is 0 Å². The summed E-state index contributed by atoms with van der Waals surface area (Å²) in [6.07, 6.45) is 3.67. The van der Waals surface area contributed by atoms with Gasteiger partial charge in [-0.3, -0.25) is 4.68 Å². The van der Waals surface area contributed by atoms with E-state index < -0.39 is 0 Å². The summed E-state index contributed by atoms with van der Waals surface area (Å²) >= 11 is 6.86. The van der Waals surface area contributed by atoms with Crippen LogP contribution in [0.4, 0.5) is 0 Å². The molecule has 96 valence electrons. The van der Waals surface area contributed by atoms with Gasteiger partial charge >= 0.3 is 0 Å². The van der Waals surface area contributed by atoms with Gasteiger partial charge in [-0.05, 0) is 49.6 Å². The number of ether oxygens (including phenoxy) is 1. The van der Waals surface area contributed by atoms with Crippen molar-refractivity contribution in [2.45, 2.75) is 13.2 Å². The van der Waals surface area contributed by atoms with E-state index in [0.29, 0.717) is 6.61 Å². The third kappa shape index (κ3) is 3.13. The van der Waals surface area contributed by atoms with Crippen LogP contribution < -0.4 is 4.74 Å². The van der Waals surface area contributed by atoms with E-state index in [0.717, 1.165) is 25.8 Å². The fourth-order valence-corrected chi connectivity index (χ4v) is 3.05. The molecule has 0 aliphatic rings. The van der Waals surface area contributed by atoms with Gasteiger partial charge in [-0.15, -0.1) is 0 Å². The summed E-state index contributed by atoms with van der Waals surface area (Å²) in [6, 6.07) is 3.67. The molecule has 2 rings (SSSR count). The molecule has 0 radical (unpaired) electrons. The maximum atomic E-state index is 9.09. The molecule has 2 aromatic rings. The van der Waals surface area contributed by atoms with Crippen molar-refractivity contribution < 1.29 is 9.84 Å². The summed E-state index contributed by atoms with van der Waals surface area (Å²) in [4.78, 5) is 0. The standard InChI is InChI=1S/C12H12Br2N2O2/c1-16-5-9(4-15-16)7-18-12-10(13)2-8(6-17)3-11(12)14/h2-5,17H,6-7H2,1H3. The van der Waals surface area contributed by atoms with Crippen molar-refractivity contribution in [2.75, 3.05) is 0 Å². The lowest BCUT2D eigenvalue weighted by Crippen LogP contribution is -1.97. The zero-order valence-electron chi connectivity index (χ0n) is 9.73. The van der Waals surface area contributed by atoms with Crippen molar-refractivity contribution >= 4 is 31.9 Å². The Labute approximate surface area is 122 Å². The molecule has 0 spiro atoms. The van der Waals surface area contributed by atoms with E-state index in [9.17, 15) is 0 Å². The van der Waals surface area contributed by atoms with E-state index in [1.807, 2.05) is 25.4 Å². The SMILES string of the molecule is Cn1cc(COc2c(Br)cc(CO)cc2Br)cn1. The minimum atomic E-state index is 0.0000846. The first-order chi connectivity index (χ1) is 8.60. The number of hydrogen-bond donors (Lipinski definition) is 1. The van der Waals surface area contributed by atoms with Crippen molar-refractivity contribution in [3.05, 3.63) is 44.6 Å². The van der Waals surface area contributed by atoms with Crippen LogP contribution in [0.1, 0.15) is 11.1 Å². The highest BCUT2D eigenvalue weighted by atomic mass is 79.9. The van der Waals surface area contributed by atoms with Crippen LogP contribution in [-0.2, 0) is 20.3 Å². The van der Waals surface area contributed by atoms with Crippen molar-refractivity contribution in [3.8, 4) is 5.75 Å². The molecule has 0 saturated carbocycles. The number of benzene rings is 1. The second-order valence-corrected chi connectivity index (χ2v) is 5.57. The molecular weight excluding hydrogens is 364 g/mol. The van der Waals surface area contributed by atoms with E-state index in [2.05, 4.69) is 37.0 Å². The second kappa shape index (κ2) is 5.86. The fourth-order valence-electron chi connectivity index (χ4n) is 1.54. The summed E-state index contributed by atoms with van der Waals surface area (Å²) in [5, 5.41) is 13.2. The molecule has 1 aromatic carbocycles. The normalized spacial score (nSPS) is 10.7. The highest BCUT2D eigenvalue weighted by molar-refractivity contribution is 9.11. The van der Waals surface area contributed by atoms with Crippen LogP contribution in [-0.4, -0.2) is 14.9 Å². The number of nitrogens with zero attached hydrogens (tertiary/aromatic N) is 2. The van der Waals surface area contributed by atoms with Crippen LogP contribution in [0.15, 0.2) is 33.5 Å². The Morgan fingerprint density at radius 3 is 2.44 bits per heavy atom. The molecule has 18 heavy (non-hydrogen) atoms. The molecule has 0 aliphatic carbocycles. The first-order valence-corrected chi connectivity index (χ1v) is 6.88. The van der Waals surface area contributed by atoms with Gasteiger partial charge in [-0.25, -0.2) is 0 Å². The van der Waals surface area contributed by atoms with E-state index >= 15 is 0 Å². The van der Waals surface area contributed by atoms with Gasteiger partial charge in [-0.1, -0.05) is 0 Å². The number of aliphatic hydroxyl groups is 1. The number of hydrogen-bond acceptors (Lipinski definition) is 3. The van der Waals surface area contributed by atoms with Gasteiger partial charge in [-0.2, -0.15) is 5.10 Å². The number of aliphatic hydroxyl groups excluding tert-OH is 1. The Morgan fingerprint density at radius 2 is 1.94 bits per heavy atom. The minimum Gasteiger partial charge on any atom is -0.486 e. The number of rotatable bonds is 4. The zero-order chi connectivity index (χ0) is 13.1. The quantitative estimate of drug-likeness (QED) is 0.893. The molecule has 1 aromatic heterocycles. The summed E-state index contributed by atoms with van der Waals surface area (Å²) in [6.45, 7) is 0.448. The summed E-state index contributed by atoms with van der Waals surface area (Å²) < 4.78 is 9.09. The molecule has 4 nitrogen and oxygen atoms in total. The Balaban J connectivity index is 2.14. The maximum Gasteiger partial charge on any atom is 0.148 e. The lowest BCUT2D eigenvalue weighted by Gasteiger charge is -2.10. The summed E-state index contributed by atoms with van der Waals surface area (Å²) in [5.74, 6) is 0.719. The van der Waals surface area contributed by atoms with Gasteiger partial charge in [0.1, 0.15) is 12.4 Å². The fraction of sp³-hybridized carbons (Fsp3) is 0.250. The monoisotopic (exact) mass is 374 g/mol. The minimum absolute atomic E-state index is 0.0000846. The lowest BCUT2D eigenvalue weighted by atomic mass is 10.2. The van der Waals surface area contributed by atoms with Crippen molar-refractivity contribution in [2.24, 2.45) is 7.05 Å². The molecule has 0 unspecified atom stereocenters. The van der Waals surface area contributed by atoms with Crippen LogP contribution in [0.5, 0.6) is 5.75 Å². The highest BCUT2D eigenvalue weighted by Crippen LogP contribution is 2.35. The topological polar surface area (TPSA) is 47.3 Å². The third-order valence-corrected chi connectivity index (χ3v) is 3.56. The first-order valence-electron chi connectivity index (χ1n) is 5.29. The molecule has 0 amide bonds. The first kappa shape index (κ1) is 13.6. The Kier molecular flexibility index (Phi) is 4.42. The van der Waals surface area contributed by atoms with Gasteiger partial charge < -0.3 is 9.84 Å². The molecule has 1 heterocycles. The van der Waals surface area contributed by atoms with Crippen LogP contribution in [0, 0.1) is 0 Å². The van der Waals surface area contributed by atoms with Crippen LogP contribution >= 0.6 is 31.9 Å². The van der Waals surface area contributed by atoms with Crippen molar-refractivity contribution in [1.29, 1.82) is 0 Å². The van der Waals surface area contributed by atoms with Gasteiger partial charge in [0.15, 0.2) is 0 Å². The van der Waals surface area contributed by atoms with Crippen molar-refractivity contribution in [3.63, 3.8) is 0 Å². The largest absolute Gasteiger partial charge is 0.486 e. The molecule has 0 saturated heterocycles. The average Bonchev–Trinajstić information content (AvgIpc) is 2.73. The molecular formula is C12H12Br2N2O2. The Hall–Kier alpha value is -0.850. The number of halogens is 2. The van der Waals surface area contributed by atoms with E-state index in [1.165, 1.54) is 0 Å². The van der Waals surface area contributed by atoms with Crippen molar-refractivity contribution in [1.82, 2.24) is 9.78 Å². The predicted molar refractivity (Wildman–Crippen MR) is 75.3 cm³/mol. The molecule has 0 aliphatic heterocycles.